The molecule has 0 spiro atoms. The minimum Gasteiger partial charge on any atom is -0.435 e. The summed E-state index contributed by atoms with van der Waals surface area (Å²) in [5.74, 6) is 5.40. The van der Waals surface area contributed by atoms with Crippen LogP contribution in [-0.2, 0) is 4.79 Å². The number of alkyl halides is 2. The molecular formula is C11H8F2O2. The van der Waals surface area contributed by atoms with Gasteiger partial charge in [-0.3, -0.25) is 0 Å². The van der Waals surface area contributed by atoms with Gasteiger partial charge in [-0.15, -0.1) is 0 Å². The lowest BCUT2D eigenvalue weighted by molar-refractivity contribution is -0.107. The van der Waals surface area contributed by atoms with Gasteiger partial charge in [0.05, 0.1) is 6.42 Å². The van der Waals surface area contributed by atoms with Gasteiger partial charge in [0.1, 0.15) is 12.0 Å². The van der Waals surface area contributed by atoms with Crippen LogP contribution in [0.4, 0.5) is 8.78 Å². The van der Waals surface area contributed by atoms with Crippen molar-refractivity contribution in [2.24, 2.45) is 0 Å². The number of hydrogen-bond donors (Lipinski definition) is 0. The lowest BCUT2D eigenvalue weighted by Gasteiger charge is -2.02. The summed E-state index contributed by atoms with van der Waals surface area (Å²) in [6, 6.07) is 5.90. The third-order valence-corrected chi connectivity index (χ3v) is 1.50. The average molecular weight is 210 g/mol. The van der Waals surface area contributed by atoms with Crippen LogP contribution in [0.15, 0.2) is 24.3 Å². The highest BCUT2D eigenvalue weighted by atomic mass is 19.3. The molecule has 0 aliphatic carbocycles. The van der Waals surface area contributed by atoms with E-state index in [0.29, 0.717) is 11.8 Å². The molecule has 78 valence electrons. The van der Waals surface area contributed by atoms with E-state index in [1.54, 1.807) is 12.1 Å². The summed E-state index contributed by atoms with van der Waals surface area (Å²) in [7, 11) is 0. The van der Waals surface area contributed by atoms with Crippen LogP contribution in [0.1, 0.15) is 12.0 Å². The van der Waals surface area contributed by atoms with Gasteiger partial charge in [-0.2, -0.15) is 8.78 Å². The Labute approximate surface area is 85.9 Å². The number of aldehydes is 1. The predicted molar refractivity (Wildman–Crippen MR) is 50.6 cm³/mol. The fraction of sp³-hybridized carbons (Fsp3) is 0.182. The van der Waals surface area contributed by atoms with Gasteiger partial charge in [0.25, 0.3) is 0 Å². The Morgan fingerprint density at radius 3 is 2.53 bits per heavy atom. The second-order valence-electron chi connectivity index (χ2n) is 2.58. The third-order valence-electron chi connectivity index (χ3n) is 1.50. The van der Waals surface area contributed by atoms with Gasteiger partial charge in [-0.05, 0) is 24.3 Å². The number of hydrogen-bond acceptors (Lipinski definition) is 2. The largest absolute Gasteiger partial charge is 0.435 e. The Balaban J connectivity index is 2.65. The number of carbonyl (C=O) groups excluding carboxylic acids is 1. The Morgan fingerprint density at radius 1 is 1.33 bits per heavy atom. The van der Waals surface area contributed by atoms with Crippen LogP contribution < -0.4 is 4.74 Å². The molecule has 0 aliphatic rings. The molecule has 0 N–H and O–H groups in total. The standard InChI is InChI=1S/C11H8F2O2/c12-11(13)15-10-6-4-9(5-7-10)3-1-2-8-14/h4-8,11H,2H2. The highest BCUT2D eigenvalue weighted by molar-refractivity contribution is 5.55. The second kappa shape index (κ2) is 5.76. The second-order valence-corrected chi connectivity index (χ2v) is 2.58. The molecule has 0 amide bonds. The minimum absolute atomic E-state index is 0.0888. The molecule has 0 radical (unpaired) electrons. The average Bonchev–Trinajstić information content (AvgIpc) is 2.20. The van der Waals surface area contributed by atoms with Crippen molar-refractivity contribution < 1.29 is 18.3 Å². The van der Waals surface area contributed by atoms with Crippen LogP contribution in [0.2, 0.25) is 0 Å². The zero-order valence-electron chi connectivity index (χ0n) is 7.74. The van der Waals surface area contributed by atoms with Crippen LogP contribution in [0.3, 0.4) is 0 Å². The molecule has 0 saturated carbocycles. The van der Waals surface area contributed by atoms with Gasteiger partial charge in [0.2, 0.25) is 0 Å². The molecule has 0 fully saturated rings. The summed E-state index contributed by atoms with van der Waals surface area (Å²) in [4.78, 5) is 9.96. The Bertz CT molecular complexity index is 374. The first-order valence-electron chi connectivity index (χ1n) is 4.20. The number of ether oxygens (including phenoxy) is 1. The van der Waals surface area contributed by atoms with E-state index >= 15 is 0 Å². The molecule has 1 rings (SSSR count). The van der Waals surface area contributed by atoms with E-state index in [1.165, 1.54) is 12.1 Å². The van der Waals surface area contributed by atoms with Crippen LogP contribution in [-0.4, -0.2) is 12.9 Å². The van der Waals surface area contributed by atoms with Crippen LogP contribution in [0.25, 0.3) is 0 Å². The molecule has 15 heavy (non-hydrogen) atoms. The first-order valence-corrected chi connectivity index (χ1v) is 4.20. The van der Waals surface area contributed by atoms with Gasteiger partial charge >= 0.3 is 6.61 Å². The maximum absolute atomic E-state index is 11.8. The molecule has 0 heterocycles. The van der Waals surface area contributed by atoms with Crippen molar-refractivity contribution >= 4 is 6.29 Å². The van der Waals surface area contributed by atoms with Gasteiger partial charge < -0.3 is 9.53 Å². The Hall–Kier alpha value is -1.89. The molecule has 1 aromatic carbocycles. The molecule has 0 aliphatic heterocycles. The summed E-state index contributed by atoms with van der Waals surface area (Å²) in [6.45, 7) is -2.82. The number of carbonyl (C=O) groups is 1. The maximum Gasteiger partial charge on any atom is 0.387 e. The highest BCUT2D eigenvalue weighted by Gasteiger charge is 2.02. The molecule has 0 bridgehead atoms. The van der Waals surface area contributed by atoms with Gasteiger partial charge in [-0.25, -0.2) is 0 Å². The van der Waals surface area contributed by atoms with E-state index < -0.39 is 6.61 Å². The quantitative estimate of drug-likeness (QED) is 0.564. The summed E-state index contributed by atoms with van der Waals surface area (Å²) in [6.07, 6.45) is 0.858. The number of benzene rings is 1. The van der Waals surface area contributed by atoms with Gasteiger partial charge in [0, 0.05) is 5.56 Å². The van der Waals surface area contributed by atoms with Crippen molar-refractivity contribution in [2.75, 3.05) is 0 Å². The lowest BCUT2D eigenvalue weighted by atomic mass is 10.2. The summed E-state index contributed by atoms with van der Waals surface area (Å²) < 4.78 is 27.7. The molecule has 0 atom stereocenters. The Kier molecular flexibility index (Phi) is 4.30. The van der Waals surface area contributed by atoms with Gasteiger partial charge in [-0.1, -0.05) is 11.8 Å². The van der Waals surface area contributed by atoms with Crippen molar-refractivity contribution in [1.29, 1.82) is 0 Å². The normalized spacial score (nSPS) is 9.27. The number of halogens is 2. The Morgan fingerprint density at radius 2 is 2.00 bits per heavy atom. The lowest BCUT2D eigenvalue weighted by Crippen LogP contribution is -2.01. The van der Waals surface area contributed by atoms with Crippen LogP contribution >= 0.6 is 0 Å². The summed E-state index contributed by atoms with van der Waals surface area (Å²) >= 11 is 0. The zero-order valence-corrected chi connectivity index (χ0v) is 7.74. The smallest absolute Gasteiger partial charge is 0.387 e. The van der Waals surface area contributed by atoms with Crippen LogP contribution in [0, 0.1) is 11.8 Å². The van der Waals surface area contributed by atoms with Crippen molar-refractivity contribution in [1.82, 2.24) is 0 Å². The minimum atomic E-state index is -2.82. The van der Waals surface area contributed by atoms with E-state index in [4.69, 9.17) is 0 Å². The fourth-order valence-electron chi connectivity index (χ4n) is 0.914. The van der Waals surface area contributed by atoms with Crippen molar-refractivity contribution in [2.45, 2.75) is 13.0 Å². The van der Waals surface area contributed by atoms with E-state index in [0.717, 1.165) is 0 Å². The third kappa shape index (κ3) is 4.23. The summed E-state index contributed by atoms with van der Waals surface area (Å²) in [5.41, 5.74) is 0.651. The first-order chi connectivity index (χ1) is 7.22. The number of rotatable bonds is 3. The first kappa shape index (κ1) is 11.2. The topological polar surface area (TPSA) is 26.3 Å². The van der Waals surface area contributed by atoms with Gasteiger partial charge in [0.15, 0.2) is 0 Å². The summed E-state index contributed by atoms with van der Waals surface area (Å²) in [5, 5.41) is 0. The SMILES string of the molecule is O=CCC#Cc1ccc(OC(F)F)cc1. The van der Waals surface area contributed by atoms with Crippen LogP contribution in [0.5, 0.6) is 5.75 Å². The van der Waals surface area contributed by atoms with Crippen molar-refractivity contribution in [3.63, 3.8) is 0 Å². The molecule has 0 aromatic heterocycles. The molecule has 0 saturated heterocycles. The molecule has 1 aromatic rings. The molecule has 4 heteroatoms. The maximum atomic E-state index is 11.8. The van der Waals surface area contributed by atoms with E-state index in [9.17, 15) is 13.6 Å². The predicted octanol–water partition coefficient (Wildman–Crippen LogP) is 2.23. The zero-order chi connectivity index (χ0) is 11.1. The molecular weight excluding hydrogens is 202 g/mol. The highest BCUT2D eigenvalue weighted by Crippen LogP contribution is 2.14. The van der Waals surface area contributed by atoms with E-state index in [-0.39, 0.29) is 12.2 Å². The monoisotopic (exact) mass is 210 g/mol. The molecule has 2 nitrogen and oxygen atoms in total. The fourth-order valence-corrected chi connectivity index (χ4v) is 0.914. The molecule has 0 unspecified atom stereocenters. The van der Waals surface area contributed by atoms with Crippen molar-refractivity contribution in [3.05, 3.63) is 29.8 Å². The van der Waals surface area contributed by atoms with E-state index in [2.05, 4.69) is 16.6 Å². The van der Waals surface area contributed by atoms with E-state index in [1.807, 2.05) is 0 Å². The van der Waals surface area contributed by atoms with Crippen molar-refractivity contribution in [3.8, 4) is 17.6 Å².